The summed E-state index contributed by atoms with van der Waals surface area (Å²) in [5, 5.41) is 23.7. The number of nitrogens with one attached hydrogen (secondary N) is 1. The van der Waals surface area contributed by atoms with Crippen molar-refractivity contribution in [2.75, 3.05) is 13.2 Å². The van der Waals surface area contributed by atoms with Gasteiger partial charge < -0.3 is 14.6 Å². The Morgan fingerprint density at radius 2 is 2.03 bits per heavy atom. The highest BCUT2D eigenvalue weighted by Gasteiger charge is 2.16. The maximum absolute atomic E-state index is 12.0. The molecule has 0 fully saturated rings. The highest BCUT2D eigenvalue weighted by atomic mass is 35.5. The zero-order valence-electron chi connectivity index (χ0n) is 15.8. The van der Waals surface area contributed by atoms with Crippen LogP contribution in [-0.2, 0) is 16.0 Å². The number of nitro benzene ring substituents is 1. The fraction of sp³-hybridized carbons (Fsp3) is 0.211. The predicted octanol–water partition coefficient (Wildman–Crippen LogP) is 2.80. The number of nitrogens with zero attached hydrogens (tertiary/aromatic N) is 2. The summed E-state index contributed by atoms with van der Waals surface area (Å²) in [6.45, 7) is 1.43. The van der Waals surface area contributed by atoms with E-state index in [0.717, 1.165) is 0 Å². The number of carboxylic acid groups (broad SMARTS) is 1. The van der Waals surface area contributed by atoms with Crippen LogP contribution < -0.4 is 14.9 Å². The number of nitro groups is 1. The second-order valence-corrected chi connectivity index (χ2v) is 6.21. The standard InChI is InChI=1S/C19H18ClN3O7/c1-2-29-16-8-12(7-14(20)19(16)30-11-18(25)26)10-21-22-17(24)9-13-5-3-4-6-15(13)23(27)28/h3-8,10H,2,9,11H2,1H3,(H,22,24)(H,25,26)/b21-10+. The quantitative estimate of drug-likeness (QED) is 0.332. The maximum Gasteiger partial charge on any atom is 0.341 e. The Morgan fingerprint density at radius 1 is 1.30 bits per heavy atom. The van der Waals surface area contributed by atoms with Crippen LogP contribution in [0.5, 0.6) is 11.5 Å². The topological polar surface area (TPSA) is 140 Å². The van der Waals surface area contributed by atoms with Crippen molar-refractivity contribution in [3.8, 4) is 11.5 Å². The number of carboxylic acids is 1. The molecule has 0 radical (unpaired) electrons. The number of carbonyl (C=O) groups excluding carboxylic acids is 1. The fourth-order valence-corrected chi connectivity index (χ4v) is 2.70. The molecular weight excluding hydrogens is 418 g/mol. The summed E-state index contributed by atoms with van der Waals surface area (Å²) in [6.07, 6.45) is 1.08. The van der Waals surface area contributed by atoms with Crippen molar-refractivity contribution in [1.29, 1.82) is 0 Å². The summed E-state index contributed by atoms with van der Waals surface area (Å²) >= 11 is 6.14. The highest BCUT2D eigenvalue weighted by molar-refractivity contribution is 6.32. The minimum atomic E-state index is -1.17. The van der Waals surface area contributed by atoms with Crippen LogP contribution in [0.3, 0.4) is 0 Å². The zero-order valence-corrected chi connectivity index (χ0v) is 16.6. The number of ether oxygens (including phenoxy) is 2. The molecule has 0 bridgehead atoms. The van der Waals surface area contributed by atoms with Crippen LogP contribution in [0.2, 0.25) is 5.02 Å². The van der Waals surface area contributed by atoms with E-state index >= 15 is 0 Å². The van der Waals surface area contributed by atoms with Gasteiger partial charge in [0.15, 0.2) is 18.1 Å². The van der Waals surface area contributed by atoms with Gasteiger partial charge in [-0.2, -0.15) is 5.10 Å². The molecule has 10 nitrogen and oxygen atoms in total. The van der Waals surface area contributed by atoms with Gasteiger partial charge in [-0.1, -0.05) is 29.8 Å². The summed E-state index contributed by atoms with van der Waals surface area (Å²) in [5.41, 5.74) is 2.85. The van der Waals surface area contributed by atoms with Crippen molar-refractivity contribution in [2.45, 2.75) is 13.3 Å². The number of rotatable bonds is 10. The third-order valence-corrected chi connectivity index (χ3v) is 3.89. The third-order valence-electron chi connectivity index (χ3n) is 3.61. The molecule has 0 aliphatic rings. The van der Waals surface area contributed by atoms with Crippen LogP contribution in [0.15, 0.2) is 41.5 Å². The number of halogens is 1. The molecule has 158 valence electrons. The normalized spacial score (nSPS) is 10.6. The molecule has 30 heavy (non-hydrogen) atoms. The van der Waals surface area contributed by atoms with Crippen LogP contribution in [0.25, 0.3) is 0 Å². The molecule has 2 rings (SSSR count). The number of amides is 1. The van der Waals surface area contributed by atoms with Crippen LogP contribution in [-0.4, -0.2) is 41.3 Å². The van der Waals surface area contributed by atoms with Gasteiger partial charge in [-0.15, -0.1) is 0 Å². The molecule has 11 heteroatoms. The number of aliphatic carboxylic acids is 1. The predicted molar refractivity (Wildman–Crippen MR) is 108 cm³/mol. The Bertz CT molecular complexity index is 979. The average molecular weight is 436 g/mol. The van der Waals surface area contributed by atoms with Crippen molar-refractivity contribution >= 4 is 35.4 Å². The summed E-state index contributed by atoms with van der Waals surface area (Å²) in [6, 6.07) is 8.90. The molecule has 0 unspecified atom stereocenters. The molecule has 0 saturated carbocycles. The molecule has 0 aliphatic carbocycles. The molecule has 0 aliphatic heterocycles. The summed E-state index contributed by atoms with van der Waals surface area (Å²) < 4.78 is 10.6. The number of hydrogen-bond acceptors (Lipinski definition) is 7. The van der Waals surface area contributed by atoms with Crippen LogP contribution in [0.1, 0.15) is 18.1 Å². The number of hydrogen-bond donors (Lipinski definition) is 2. The summed E-state index contributed by atoms with van der Waals surface area (Å²) in [5.74, 6) is -1.41. The van der Waals surface area contributed by atoms with E-state index in [9.17, 15) is 19.7 Å². The van der Waals surface area contributed by atoms with Gasteiger partial charge in [-0.05, 0) is 24.6 Å². The Hall–Kier alpha value is -3.66. The first-order chi connectivity index (χ1) is 14.3. The average Bonchev–Trinajstić information content (AvgIpc) is 2.67. The van der Waals surface area contributed by atoms with E-state index in [4.69, 9.17) is 26.2 Å². The van der Waals surface area contributed by atoms with Gasteiger partial charge in [0.2, 0.25) is 5.91 Å². The minimum absolute atomic E-state index is 0.0819. The van der Waals surface area contributed by atoms with E-state index in [-0.39, 0.29) is 40.8 Å². The van der Waals surface area contributed by atoms with Crippen molar-refractivity contribution in [1.82, 2.24) is 5.43 Å². The lowest BCUT2D eigenvalue weighted by molar-refractivity contribution is -0.385. The van der Waals surface area contributed by atoms with E-state index in [0.29, 0.717) is 5.56 Å². The summed E-state index contributed by atoms with van der Waals surface area (Å²) in [4.78, 5) is 33.2. The molecule has 2 aromatic carbocycles. The minimum Gasteiger partial charge on any atom is -0.490 e. The number of carbonyl (C=O) groups is 2. The van der Waals surface area contributed by atoms with Gasteiger partial charge in [0.05, 0.1) is 29.2 Å². The molecule has 0 saturated heterocycles. The Morgan fingerprint density at radius 3 is 2.70 bits per heavy atom. The van der Waals surface area contributed by atoms with Crippen LogP contribution in [0, 0.1) is 10.1 Å². The van der Waals surface area contributed by atoms with Gasteiger partial charge in [-0.25, -0.2) is 10.2 Å². The van der Waals surface area contributed by atoms with E-state index in [2.05, 4.69) is 10.5 Å². The van der Waals surface area contributed by atoms with E-state index in [1.807, 2.05) is 0 Å². The van der Waals surface area contributed by atoms with Gasteiger partial charge >= 0.3 is 5.97 Å². The molecular formula is C19H18ClN3O7. The lowest BCUT2D eigenvalue weighted by atomic mass is 10.1. The second-order valence-electron chi connectivity index (χ2n) is 5.80. The summed E-state index contributed by atoms with van der Waals surface area (Å²) in [7, 11) is 0. The molecule has 2 aromatic rings. The largest absolute Gasteiger partial charge is 0.490 e. The van der Waals surface area contributed by atoms with Gasteiger partial charge in [0.25, 0.3) is 5.69 Å². The van der Waals surface area contributed by atoms with Crippen LogP contribution in [0.4, 0.5) is 5.69 Å². The van der Waals surface area contributed by atoms with Gasteiger partial charge in [0.1, 0.15) is 0 Å². The third kappa shape index (κ3) is 6.45. The van der Waals surface area contributed by atoms with Crippen molar-refractivity contribution < 1.29 is 29.1 Å². The van der Waals surface area contributed by atoms with Crippen molar-refractivity contribution in [3.63, 3.8) is 0 Å². The smallest absolute Gasteiger partial charge is 0.341 e. The molecule has 0 heterocycles. The van der Waals surface area contributed by atoms with Crippen molar-refractivity contribution in [3.05, 3.63) is 62.7 Å². The molecule has 1 amide bonds. The van der Waals surface area contributed by atoms with Gasteiger partial charge in [-0.3, -0.25) is 14.9 Å². The first-order valence-corrected chi connectivity index (χ1v) is 9.04. The Balaban J connectivity index is 2.09. The Labute approximate surface area is 176 Å². The maximum atomic E-state index is 12.0. The van der Waals surface area contributed by atoms with Crippen LogP contribution >= 0.6 is 11.6 Å². The molecule has 0 spiro atoms. The molecule has 2 N–H and O–H groups in total. The Kier molecular flexibility index (Phi) is 8.12. The molecule has 0 aromatic heterocycles. The fourth-order valence-electron chi connectivity index (χ4n) is 2.43. The van der Waals surface area contributed by atoms with Crippen molar-refractivity contribution in [2.24, 2.45) is 5.10 Å². The molecule has 0 atom stereocenters. The monoisotopic (exact) mass is 435 g/mol. The number of para-hydroxylation sites is 1. The first-order valence-electron chi connectivity index (χ1n) is 8.67. The second kappa shape index (κ2) is 10.8. The lowest BCUT2D eigenvalue weighted by Crippen LogP contribution is -2.20. The first kappa shape index (κ1) is 22.6. The highest BCUT2D eigenvalue weighted by Crippen LogP contribution is 2.36. The number of hydrazone groups is 1. The number of benzene rings is 2. The SMILES string of the molecule is CCOc1cc(/C=N/NC(=O)Cc2ccccc2[N+](=O)[O-])cc(Cl)c1OCC(=O)O. The van der Waals surface area contributed by atoms with E-state index < -0.39 is 23.4 Å². The van der Waals surface area contributed by atoms with E-state index in [1.54, 1.807) is 13.0 Å². The zero-order chi connectivity index (χ0) is 22.1. The lowest BCUT2D eigenvalue weighted by Gasteiger charge is -2.13. The van der Waals surface area contributed by atoms with Gasteiger partial charge in [0, 0.05) is 11.6 Å². The van der Waals surface area contributed by atoms with E-state index in [1.165, 1.54) is 36.5 Å².